The van der Waals surface area contributed by atoms with E-state index in [4.69, 9.17) is 11.6 Å². The van der Waals surface area contributed by atoms with Crippen LogP contribution in [0.1, 0.15) is 18.4 Å². The minimum atomic E-state index is -0.910. The van der Waals surface area contributed by atoms with Crippen molar-refractivity contribution in [1.29, 1.82) is 0 Å². The van der Waals surface area contributed by atoms with Crippen LogP contribution in [0, 0.1) is 0 Å². The minimum Gasteiger partial charge on any atom is -0.480 e. The fraction of sp³-hybridized carbons (Fsp3) is 0.312. The van der Waals surface area contributed by atoms with Crippen molar-refractivity contribution in [3.8, 4) is 0 Å². The first-order valence-corrected chi connectivity index (χ1v) is 7.74. The number of carbonyl (C=O) groups is 1. The van der Waals surface area contributed by atoms with Crippen LogP contribution in [-0.2, 0) is 11.3 Å². The van der Waals surface area contributed by atoms with Gasteiger partial charge in [-0.1, -0.05) is 41.9 Å². The zero-order valence-corrected chi connectivity index (χ0v) is 13.1. The molecule has 0 spiro atoms. The molecule has 6 nitrogen and oxygen atoms in total. The molecule has 0 radical (unpaired) electrons. The number of aromatic nitrogens is 2. The normalized spacial score (nSPS) is 17.4. The van der Waals surface area contributed by atoms with Gasteiger partial charge in [-0.15, -0.1) is 0 Å². The Labute approximate surface area is 137 Å². The summed E-state index contributed by atoms with van der Waals surface area (Å²) in [7, 11) is 0. The topological polar surface area (TPSA) is 75.4 Å². The quantitative estimate of drug-likeness (QED) is 0.926. The molecule has 23 heavy (non-hydrogen) atoms. The second-order valence-electron chi connectivity index (χ2n) is 5.48. The maximum Gasteiger partial charge on any atom is 0.326 e. The van der Waals surface area contributed by atoms with Gasteiger partial charge in [0.05, 0.1) is 18.4 Å². The van der Waals surface area contributed by atoms with Gasteiger partial charge in [0.25, 0.3) is 5.56 Å². The van der Waals surface area contributed by atoms with Gasteiger partial charge in [-0.05, 0) is 18.4 Å². The number of hydrogen-bond acceptors (Lipinski definition) is 4. The van der Waals surface area contributed by atoms with Gasteiger partial charge in [-0.3, -0.25) is 4.79 Å². The van der Waals surface area contributed by atoms with E-state index in [1.165, 1.54) is 10.9 Å². The second kappa shape index (κ2) is 6.42. The molecule has 1 aromatic heterocycles. The Hall–Kier alpha value is -2.34. The zero-order valence-electron chi connectivity index (χ0n) is 12.4. The maximum absolute atomic E-state index is 12.4. The fourth-order valence-electron chi connectivity index (χ4n) is 2.84. The standard InChI is InChI=1S/C16H16ClN3O3/c17-14-13(19-8-4-7-12(19)16(22)23)9-18-20(15(14)21)10-11-5-2-1-3-6-11/h1-3,5-6,9,12H,4,7-8,10H2,(H,22,23)/t12-/m0/s1. The molecular formula is C16H16ClN3O3. The second-order valence-corrected chi connectivity index (χ2v) is 5.86. The van der Waals surface area contributed by atoms with Crippen LogP contribution >= 0.6 is 11.6 Å². The van der Waals surface area contributed by atoms with E-state index in [1.54, 1.807) is 4.90 Å². The predicted octanol–water partition coefficient (Wildman–Crippen LogP) is 2.00. The molecule has 1 fully saturated rings. The van der Waals surface area contributed by atoms with E-state index in [0.29, 0.717) is 25.2 Å². The van der Waals surface area contributed by atoms with Crippen LogP contribution in [0.2, 0.25) is 5.02 Å². The van der Waals surface area contributed by atoms with Gasteiger partial charge in [0.15, 0.2) is 0 Å². The molecule has 1 aliphatic heterocycles. The van der Waals surface area contributed by atoms with Crippen molar-refractivity contribution in [2.24, 2.45) is 0 Å². The van der Waals surface area contributed by atoms with Crippen LogP contribution in [0.3, 0.4) is 0 Å². The first-order chi connectivity index (χ1) is 11.1. The summed E-state index contributed by atoms with van der Waals surface area (Å²) in [5, 5.41) is 13.4. The van der Waals surface area contributed by atoms with E-state index in [1.807, 2.05) is 30.3 Å². The van der Waals surface area contributed by atoms with Crippen molar-refractivity contribution in [2.45, 2.75) is 25.4 Å². The number of benzene rings is 1. The number of carboxylic acid groups (broad SMARTS) is 1. The maximum atomic E-state index is 12.4. The Balaban J connectivity index is 1.92. The lowest BCUT2D eigenvalue weighted by atomic mass is 10.2. The largest absolute Gasteiger partial charge is 0.480 e. The van der Waals surface area contributed by atoms with E-state index in [2.05, 4.69) is 5.10 Å². The Bertz CT molecular complexity index is 776. The van der Waals surface area contributed by atoms with Crippen molar-refractivity contribution in [3.63, 3.8) is 0 Å². The average molecular weight is 334 g/mol. The third-order valence-corrected chi connectivity index (χ3v) is 4.34. The number of halogens is 1. The van der Waals surface area contributed by atoms with Crippen molar-refractivity contribution in [1.82, 2.24) is 9.78 Å². The van der Waals surface area contributed by atoms with Crippen molar-refractivity contribution >= 4 is 23.3 Å². The lowest BCUT2D eigenvalue weighted by Crippen LogP contribution is -2.37. The van der Waals surface area contributed by atoms with E-state index < -0.39 is 17.6 Å². The summed E-state index contributed by atoms with van der Waals surface area (Å²) < 4.78 is 1.28. The summed E-state index contributed by atoms with van der Waals surface area (Å²) in [5.41, 5.74) is 0.922. The molecule has 1 N–H and O–H groups in total. The molecule has 3 rings (SSSR count). The van der Waals surface area contributed by atoms with E-state index in [9.17, 15) is 14.7 Å². The molecule has 0 saturated carbocycles. The first-order valence-electron chi connectivity index (χ1n) is 7.37. The molecule has 1 saturated heterocycles. The lowest BCUT2D eigenvalue weighted by molar-refractivity contribution is -0.138. The van der Waals surface area contributed by atoms with Crippen LogP contribution in [0.15, 0.2) is 41.3 Å². The van der Waals surface area contributed by atoms with Gasteiger partial charge in [0.1, 0.15) is 11.1 Å². The molecular weight excluding hydrogens is 318 g/mol. The summed E-state index contributed by atoms with van der Waals surface area (Å²) >= 11 is 6.21. The predicted molar refractivity (Wildman–Crippen MR) is 87.1 cm³/mol. The van der Waals surface area contributed by atoms with Crippen molar-refractivity contribution in [3.05, 3.63) is 57.5 Å². The first kappa shape index (κ1) is 15.6. The third kappa shape index (κ3) is 3.07. The number of anilines is 1. The van der Waals surface area contributed by atoms with Gasteiger partial charge in [0, 0.05) is 6.54 Å². The summed E-state index contributed by atoms with van der Waals surface area (Å²) in [6, 6.07) is 8.82. The molecule has 2 aromatic rings. The van der Waals surface area contributed by atoms with Crippen LogP contribution in [0.25, 0.3) is 0 Å². The van der Waals surface area contributed by atoms with Crippen LogP contribution < -0.4 is 10.5 Å². The summed E-state index contributed by atoms with van der Waals surface area (Å²) in [6.07, 6.45) is 2.77. The fourth-order valence-corrected chi connectivity index (χ4v) is 3.09. The Morgan fingerprint density at radius 1 is 1.35 bits per heavy atom. The number of carboxylic acids is 1. The molecule has 0 bridgehead atoms. The number of aliphatic carboxylic acids is 1. The van der Waals surface area contributed by atoms with Gasteiger partial charge < -0.3 is 10.0 Å². The van der Waals surface area contributed by atoms with E-state index >= 15 is 0 Å². The van der Waals surface area contributed by atoms with Gasteiger partial charge >= 0.3 is 5.97 Å². The monoisotopic (exact) mass is 333 g/mol. The van der Waals surface area contributed by atoms with Crippen LogP contribution in [0.4, 0.5) is 5.69 Å². The molecule has 120 valence electrons. The SMILES string of the molecule is O=C(O)[C@@H]1CCCN1c1cnn(Cc2ccccc2)c(=O)c1Cl. The molecule has 0 aliphatic carbocycles. The number of rotatable bonds is 4. The Morgan fingerprint density at radius 2 is 2.09 bits per heavy atom. The molecule has 7 heteroatoms. The highest BCUT2D eigenvalue weighted by Gasteiger charge is 2.32. The minimum absolute atomic E-state index is 0.0177. The highest BCUT2D eigenvalue weighted by molar-refractivity contribution is 6.33. The van der Waals surface area contributed by atoms with Crippen LogP contribution in [0.5, 0.6) is 0 Å². The molecule has 1 aliphatic rings. The van der Waals surface area contributed by atoms with E-state index in [0.717, 1.165) is 12.0 Å². The van der Waals surface area contributed by atoms with Crippen molar-refractivity contribution < 1.29 is 9.90 Å². The molecule has 2 heterocycles. The summed E-state index contributed by atoms with van der Waals surface area (Å²) in [5.74, 6) is -0.910. The Morgan fingerprint density at radius 3 is 2.78 bits per heavy atom. The van der Waals surface area contributed by atoms with Crippen molar-refractivity contribution in [2.75, 3.05) is 11.4 Å². The molecule has 0 amide bonds. The van der Waals surface area contributed by atoms with Crippen LogP contribution in [-0.4, -0.2) is 33.4 Å². The zero-order chi connectivity index (χ0) is 16.4. The molecule has 1 atom stereocenters. The lowest BCUT2D eigenvalue weighted by Gasteiger charge is -2.24. The van der Waals surface area contributed by atoms with Gasteiger partial charge in [-0.25, -0.2) is 9.48 Å². The molecule has 0 unspecified atom stereocenters. The van der Waals surface area contributed by atoms with E-state index in [-0.39, 0.29) is 5.02 Å². The highest BCUT2D eigenvalue weighted by Crippen LogP contribution is 2.29. The average Bonchev–Trinajstić information content (AvgIpc) is 3.03. The third-order valence-electron chi connectivity index (χ3n) is 3.99. The summed E-state index contributed by atoms with van der Waals surface area (Å²) in [4.78, 5) is 25.4. The molecule has 1 aromatic carbocycles. The van der Waals surface area contributed by atoms with Gasteiger partial charge in [0.2, 0.25) is 0 Å². The number of nitrogens with zero attached hydrogens (tertiary/aromatic N) is 3. The van der Waals surface area contributed by atoms with Gasteiger partial charge in [-0.2, -0.15) is 5.10 Å². The highest BCUT2D eigenvalue weighted by atomic mass is 35.5. The smallest absolute Gasteiger partial charge is 0.326 e. The Kier molecular flexibility index (Phi) is 4.34. The summed E-state index contributed by atoms with van der Waals surface area (Å²) in [6.45, 7) is 0.878. The number of hydrogen-bond donors (Lipinski definition) is 1.